The van der Waals surface area contributed by atoms with Crippen molar-refractivity contribution in [1.82, 2.24) is 10.2 Å². The van der Waals surface area contributed by atoms with Crippen molar-refractivity contribution in [3.05, 3.63) is 35.4 Å². The first-order valence-corrected chi connectivity index (χ1v) is 7.69. The lowest BCUT2D eigenvalue weighted by Crippen LogP contribution is -2.47. The van der Waals surface area contributed by atoms with Crippen LogP contribution in [0.3, 0.4) is 0 Å². The number of nitrogens with zero attached hydrogens (tertiary/aromatic N) is 1. The topological polar surface area (TPSA) is 15.3 Å². The van der Waals surface area contributed by atoms with Crippen LogP contribution in [0.1, 0.15) is 39.7 Å². The minimum absolute atomic E-state index is 0.121. The monoisotopic (exact) mass is 296 g/mol. The highest BCUT2D eigenvalue weighted by Gasteiger charge is 2.31. The van der Waals surface area contributed by atoms with E-state index in [1.54, 1.807) is 0 Å². The largest absolute Gasteiger partial charge is 0.312 e. The van der Waals surface area contributed by atoms with Crippen molar-refractivity contribution in [3.8, 4) is 0 Å². The molecule has 1 heterocycles. The van der Waals surface area contributed by atoms with Crippen molar-refractivity contribution in [3.63, 3.8) is 0 Å². The standard InChI is InChI=1S/C17H26F2N2/c1-12-8-9-20-16(17(2,3)4)11-21(12)10-13-14(18)6-5-7-15(13)19/h5-7,12,16,20H,8-11H2,1-4H3. The number of benzene rings is 1. The molecule has 0 radical (unpaired) electrons. The summed E-state index contributed by atoms with van der Waals surface area (Å²) in [6.45, 7) is 10.8. The van der Waals surface area contributed by atoms with Crippen LogP contribution in [0.15, 0.2) is 18.2 Å². The summed E-state index contributed by atoms with van der Waals surface area (Å²) in [5, 5.41) is 3.57. The minimum atomic E-state index is -0.452. The van der Waals surface area contributed by atoms with Gasteiger partial charge in [-0.2, -0.15) is 0 Å². The molecule has 2 atom stereocenters. The van der Waals surface area contributed by atoms with E-state index in [9.17, 15) is 8.78 Å². The third-order valence-corrected chi connectivity index (χ3v) is 4.46. The Morgan fingerprint density at radius 2 is 1.86 bits per heavy atom. The zero-order valence-corrected chi connectivity index (χ0v) is 13.4. The molecule has 1 aliphatic rings. The van der Waals surface area contributed by atoms with E-state index in [1.165, 1.54) is 18.2 Å². The molecule has 2 rings (SSSR count). The smallest absolute Gasteiger partial charge is 0.130 e. The zero-order chi connectivity index (χ0) is 15.6. The molecule has 1 fully saturated rings. The van der Waals surface area contributed by atoms with E-state index in [2.05, 4.69) is 37.9 Å². The van der Waals surface area contributed by atoms with Gasteiger partial charge in [-0.3, -0.25) is 4.90 Å². The average molecular weight is 296 g/mol. The molecule has 0 bridgehead atoms. The van der Waals surface area contributed by atoms with Crippen LogP contribution in [0.2, 0.25) is 0 Å². The fourth-order valence-electron chi connectivity index (χ4n) is 2.81. The normalized spacial score (nSPS) is 24.9. The van der Waals surface area contributed by atoms with Gasteiger partial charge in [0.25, 0.3) is 0 Å². The van der Waals surface area contributed by atoms with Gasteiger partial charge in [0.15, 0.2) is 0 Å². The molecule has 4 heteroatoms. The maximum absolute atomic E-state index is 13.9. The van der Waals surface area contributed by atoms with Crippen LogP contribution in [0.25, 0.3) is 0 Å². The van der Waals surface area contributed by atoms with Gasteiger partial charge in [-0.25, -0.2) is 8.78 Å². The second-order valence-corrected chi connectivity index (χ2v) is 7.14. The average Bonchev–Trinajstić information content (AvgIpc) is 2.56. The Labute approximate surface area is 126 Å². The first-order chi connectivity index (χ1) is 9.79. The van der Waals surface area contributed by atoms with Crippen molar-refractivity contribution < 1.29 is 8.78 Å². The maximum Gasteiger partial charge on any atom is 0.130 e. The number of halogens is 2. The van der Waals surface area contributed by atoms with Crippen LogP contribution in [0, 0.1) is 17.0 Å². The summed E-state index contributed by atoms with van der Waals surface area (Å²) in [6, 6.07) is 4.71. The van der Waals surface area contributed by atoms with Gasteiger partial charge >= 0.3 is 0 Å². The van der Waals surface area contributed by atoms with Crippen molar-refractivity contribution in [2.24, 2.45) is 5.41 Å². The predicted molar refractivity (Wildman–Crippen MR) is 82.1 cm³/mol. The molecule has 0 saturated carbocycles. The van der Waals surface area contributed by atoms with E-state index in [1.807, 2.05) is 0 Å². The van der Waals surface area contributed by atoms with E-state index in [-0.39, 0.29) is 11.0 Å². The zero-order valence-electron chi connectivity index (χ0n) is 13.4. The summed E-state index contributed by atoms with van der Waals surface area (Å²) in [4.78, 5) is 2.19. The summed E-state index contributed by atoms with van der Waals surface area (Å²) in [6.07, 6.45) is 0.989. The van der Waals surface area contributed by atoms with Gasteiger partial charge in [-0.1, -0.05) is 26.8 Å². The summed E-state index contributed by atoms with van der Waals surface area (Å²) < 4.78 is 27.8. The second-order valence-electron chi connectivity index (χ2n) is 7.14. The Bertz CT molecular complexity index is 462. The quantitative estimate of drug-likeness (QED) is 0.897. The van der Waals surface area contributed by atoms with Crippen molar-refractivity contribution in [1.29, 1.82) is 0 Å². The molecule has 1 saturated heterocycles. The van der Waals surface area contributed by atoms with E-state index >= 15 is 0 Å². The number of hydrogen-bond acceptors (Lipinski definition) is 2. The van der Waals surface area contributed by atoms with Gasteiger partial charge < -0.3 is 5.32 Å². The molecule has 118 valence electrons. The Hall–Kier alpha value is -1.00. The van der Waals surface area contributed by atoms with Gasteiger partial charge in [0, 0.05) is 30.7 Å². The van der Waals surface area contributed by atoms with Crippen molar-refractivity contribution in [2.75, 3.05) is 13.1 Å². The fraction of sp³-hybridized carbons (Fsp3) is 0.647. The van der Waals surface area contributed by atoms with Crippen LogP contribution < -0.4 is 5.32 Å². The Morgan fingerprint density at radius 1 is 1.24 bits per heavy atom. The van der Waals surface area contributed by atoms with Crippen molar-refractivity contribution >= 4 is 0 Å². The van der Waals surface area contributed by atoms with Crippen LogP contribution in [0.4, 0.5) is 8.78 Å². The van der Waals surface area contributed by atoms with Gasteiger partial charge in [-0.15, -0.1) is 0 Å². The van der Waals surface area contributed by atoms with Gasteiger partial charge in [0.2, 0.25) is 0 Å². The van der Waals surface area contributed by atoms with E-state index in [0.29, 0.717) is 18.6 Å². The molecule has 21 heavy (non-hydrogen) atoms. The van der Waals surface area contributed by atoms with Crippen LogP contribution in [-0.2, 0) is 6.54 Å². The summed E-state index contributed by atoms with van der Waals surface area (Å²) >= 11 is 0. The van der Waals surface area contributed by atoms with E-state index in [0.717, 1.165) is 19.5 Å². The van der Waals surface area contributed by atoms with E-state index in [4.69, 9.17) is 0 Å². The molecule has 1 aromatic carbocycles. The molecule has 0 aromatic heterocycles. The third kappa shape index (κ3) is 4.01. The first kappa shape index (κ1) is 16.4. The number of nitrogens with one attached hydrogen (secondary N) is 1. The molecule has 1 N–H and O–H groups in total. The Kier molecular flexibility index (Phi) is 4.99. The lowest BCUT2D eigenvalue weighted by molar-refractivity contribution is 0.154. The molecule has 0 aliphatic carbocycles. The summed E-state index contributed by atoms with van der Waals surface area (Å²) in [5.74, 6) is -0.904. The highest BCUT2D eigenvalue weighted by molar-refractivity contribution is 5.19. The van der Waals surface area contributed by atoms with Gasteiger partial charge in [0.1, 0.15) is 11.6 Å². The molecule has 0 amide bonds. The lowest BCUT2D eigenvalue weighted by Gasteiger charge is -2.35. The summed E-state index contributed by atoms with van der Waals surface area (Å²) in [5.41, 5.74) is 0.301. The number of hydrogen-bond donors (Lipinski definition) is 1. The Balaban J connectivity index is 2.19. The molecular weight excluding hydrogens is 270 g/mol. The second kappa shape index (κ2) is 6.41. The fourth-order valence-corrected chi connectivity index (χ4v) is 2.81. The minimum Gasteiger partial charge on any atom is -0.312 e. The highest BCUT2D eigenvalue weighted by Crippen LogP contribution is 2.25. The third-order valence-electron chi connectivity index (χ3n) is 4.46. The lowest BCUT2D eigenvalue weighted by atomic mass is 9.86. The first-order valence-electron chi connectivity index (χ1n) is 7.69. The van der Waals surface area contributed by atoms with Crippen molar-refractivity contribution in [2.45, 2.75) is 52.7 Å². The Morgan fingerprint density at radius 3 is 2.43 bits per heavy atom. The molecular formula is C17H26F2N2. The summed E-state index contributed by atoms with van der Waals surface area (Å²) in [7, 11) is 0. The molecule has 2 nitrogen and oxygen atoms in total. The van der Waals surface area contributed by atoms with Crippen LogP contribution >= 0.6 is 0 Å². The molecule has 1 aromatic rings. The highest BCUT2D eigenvalue weighted by atomic mass is 19.1. The molecule has 2 unspecified atom stereocenters. The van der Waals surface area contributed by atoms with Crippen LogP contribution in [0.5, 0.6) is 0 Å². The predicted octanol–water partition coefficient (Wildman–Crippen LogP) is 3.56. The van der Waals surface area contributed by atoms with Gasteiger partial charge in [-0.05, 0) is 37.4 Å². The SMILES string of the molecule is CC1CCNC(C(C)(C)C)CN1Cc1c(F)cccc1F. The maximum atomic E-state index is 13.9. The van der Waals surface area contributed by atoms with Gasteiger partial charge in [0.05, 0.1) is 0 Å². The molecule has 0 spiro atoms. The van der Waals surface area contributed by atoms with Crippen LogP contribution in [-0.4, -0.2) is 30.1 Å². The molecule has 1 aliphatic heterocycles. The number of rotatable bonds is 2. The van der Waals surface area contributed by atoms with E-state index < -0.39 is 11.6 Å².